The molecule has 0 spiro atoms. The van der Waals surface area contributed by atoms with E-state index in [-0.39, 0.29) is 0 Å². The Hall–Kier alpha value is -1.65. The number of anilines is 1. The van der Waals surface area contributed by atoms with Gasteiger partial charge in [0.2, 0.25) is 0 Å². The van der Waals surface area contributed by atoms with Gasteiger partial charge in [0.05, 0.1) is 11.6 Å². The van der Waals surface area contributed by atoms with Gasteiger partial charge in [-0.05, 0) is 19.1 Å². The molecule has 5 heteroatoms. The van der Waals surface area contributed by atoms with E-state index in [0.29, 0.717) is 12.4 Å². The van der Waals surface area contributed by atoms with E-state index in [1.165, 1.54) is 0 Å². The van der Waals surface area contributed by atoms with Crippen LogP contribution in [0, 0.1) is 12.8 Å². The van der Waals surface area contributed by atoms with Crippen molar-refractivity contribution in [1.29, 1.82) is 0 Å². The van der Waals surface area contributed by atoms with E-state index in [1.54, 1.807) is 13.0 Å². The summed E-state index contributed by atoms with van der Waals surface area (Å²) in [6, 6.07) is 3.59. The average molecular weight is 195 g/mol. The van der Waals surface area contributed by atoms with Crippen LogP contribution in [0.3, 0.4) is 0 Å². The van der Waals surface area contributed by atoms with E-state index in [4.69, 9.17) is 5.11 Å². The maximum atomic E-state index is 10.5. The molecule has 1 aromatic heterocycles. The molecule has 0 saturated carbocycles. The second-order valence-electron chi connectivity index (χ2n) is 3.18. The number of aliphatic carboxylic acids is 1. The molecule has 0 amide bonds. The molecular formula is C9H13N3O2. The maximum absolute atomic E-state index is 10.5. The first-order valence-electron chi connectivity index (χ1n) is 4.36. The van der Waals surface area contributed by atoms with Crippen molar-refractivity contribution in [3.63, 3.8) is 0 Å². The van der Waals surface area contributed by atoms with Crippen molar-refractivity contribution >= 4 is 11.8 Å². The van der Waals surface area contributed by atoms with Gasteiger partial charge in [-0.15, -0.1) is 5.10 Å². The van der Waals surface area contributed by atoms with Crippen LogP contribution in [0.25, 0.3) is 0 Å². The van der Waals surface area contributed by atoms with Crippen molar-refractivity contribution in [2.24, 2.45) is 5.92 Å². The highest BCUT2D eigenvalue weighted by molar-refractivity contribution is 5.70. The monoisotopic (exact) mass is 195 g/mol. The molecule has 0 fully saturated rings. The first-order valence-corrected chi connectivity index (χ1v) is 4.36. The van der Waals surface area contributed by atoms with Gasteiger partial charge in [-0.2, -0.15) is 5.10 Å². The van der Waals surface area contributed by atoms with Crippen molar-refractivity contribution in [3.8, 4) is 0 Å². The minimum absolute atomic E-state index is 0.354. The number of nitrogens with one attached hydrogen (secondary N) is 1. The highest BCUT2D eigenvalue weighted by Gasteiger charge is 2.09. The molecule has 0 aliphatic carbocycles. The minimum Gasteiger partial charge on any atom is -0.481 e. The van der Waals surface area contributed by atoms with Gasteiger partial charge in [-0.3, -0.25) is 4.79 Å². The SMILES string of the molecule is Cc1ccc(NCC(C)C(=O)O)nn1. The van der Waals surface area contributed by atoms with E-state index in [0.717, 1.165) is 5.69 Å². The Morgan fingerprint density at radius 2 is 2.29 bits per heavy atom. The summed E-state index contributed by atoms with van der Waals surface area (Å²) in [6.07, 6.45) is 0. The Bertz CT molecular complexity index is 310. The van der Waals surface area contributed by atoms with Gasteiger partial charge in [0.1, 0.15) is 5.82 Å². The largest absolute Gasteiger partial charge is 0.481 e. The molecule has 1 aromatic rings. The van der Waals surface area contributed by atoms with Crippen molar-refractivity contribution in [2.75, 3.05) is 11.9 Å². The zero-order valence-electron chi connectivity index (χ0n) is 8.19. The topological polar surface area (TPSA) is 75.1 Å². The smallest absolute Gasteiger partial charge is 0.308 e. The predicted octanol–water partition coefficient (Wildman–Crippen LogP) is 0.918. The molecule has 1 unspecified atom stereocenters. The standard InChI is InChI=1S/C9H13N3O2/c1-6(9(13)14)5-10-8-4-3-7(2)11-12-8/h3-4,6H,5H2,1-2H3,(H,10,12)(H,13,14). The van der Waals surface area contributed by atoms with Gasteiger partial charge in [-0.25, -0.2) is 0 Å². The number of rotatable bonds is 4. The molecule has 1 atom stereocenters. The molecule has 0 aliphatic heterocycles. The third kappa shape index (κ3) is 3.01. The number of hydrogen-bond acceptors (Lipinski definition) is 4. The summed E-state index contributed by atoms with van der Waals surface area (Å²) in [6.45, 7) is 3.83. The molecule has 1 heterocycles. The lowest BCUT2D eigenvalue weighted by Crippen LogP contribution is -2.20. The van der Waals surface area contributed by atoms with Crippen LogP contribution < -0.4 is 5.32 Å². The highest BCUT2D eigenvalue weighted by atomic mass is 16.4. The number of carboxylic acid groups (broad SMARTS) is 1. The summed E-state index contributed by atoms with van der Waals surface area (Å²) >= 11 is 0. The summed E-state index contributed by atoms with van der Waals surface area (Å²) in [5.41, 5.74) is 0.835. The van der Waals surface area contributed by atoms with Crippen LogP contribution in [0.1, 0.15) is 12.6 Å². The van der Waals surface area contributed by atoms with E-state index >= 15 is 0 Å². The molecule has 0 saturated heterocycles. The molecule has 0 aliphatic rings. The third-order valence-electron chi connectivity index (χ3n) is 1.81. The summed E-state index contributed by atoms with van der Waals surface area (Å²) in [7, 11) is 0. The van der Waals surface area contributed by atoms with Crippen LogP contribution in [0.2, 0.25) is 0 Å². The van der Waals surface area contributed by atoms with Crippen LogP contribution in [-0.2, 0) is 4.79 Å². The molecule has 76 valence electrons. The lowest BCUT2D eigenvalue weighted by Gasteiger charge is -2.07. The van der Waals surface area contributed by atoms with Crippen molar-refractivity contribution in [1.82, 2.24) is 10.2 Å². The highest BCUT2D eigenvalue weighted by Crippen LogP contribution is 2.02. The fourth-order valence-corrected chi connectivity index (χ4v) is 0.838. The van der Waals surface area contributed by atoms with Crippen LogP contribution in [0.15, 0.2) is 12.1 Å². The fourth-order valence-electron chi connectivity index (χ4n) is 0.838. The van der Waals surface area contributed by atoms with Gasteiger partial charge in [0, 0.05) is 6.54 Å². The van der Waals surface area contributed by atoms with Crippen molar-refractivity contribution < 1.29 is 9.90 Å². The predicted molar refractivity (Wildman–Crippen MR) is 52.1 cm³/mol. The van der Waals surface area contributed by atoms with Gasteiger partial charge in [0.15, 0.2) is 0 Å². The van der Waals surface area contributed by atoms with E-state index in [1.807, 2.05) is 13.0 Å². The van der Waals surface area contributed by atoms with Gasteiger partial charge >= 0.3 is 5.97 Å². The minimum atomic E-state index is -0.822. The van der Waals surface area contributed by atoms with E-state index in [2.05, 4.69) is 15.5 Å². The van der Waals surface area contributed by atoms with Crippen LogP contribution >= 0.6 is 0 Å². The molecule has 0 radical (unpaired) electrons. The Kier molecular flexibility index (Phi) is 3.39. The second kappa shape index (κ2) is 4.55. The number of hydrogen-bond donors (Lipinski definition) is 2. The first-order chi connectivity index (χ1) is 6.59. The van der Waals surface area contributed by atoms with Crippen LogP contribution in [-0.4, -0.2) is 27.8 Å². The second-order valence-corrected chi connectivity index (χ2v) is 3.18. The lowest BCUT2D eigenvalue weighted by atomic mass is 10.2. The van der Waals surface area contributed by atoms with Gasteiger partial charge in [0.25, 0.3) is 0 Å². The van der Waals surface area contributed by atoms with Crippen molar-refractivity contribution in [2.45, 2.75) is 13.8 Å². The summed E-state index contributed by atoms with van der Waals surface area (Å²) in [5, 5.41) is 19.2. The molecule has 0 bridgehead atoms. The number of carbonyl (C=O) groups is 1. The molecular weight excluding hydrogens is 182 g/mol. The summed E-state index contributed by atoms with van der Waals surface area (Å²) in [4.78, 5) is 10.5. The zero-order valence-corrected chi connectivity index (χ0v) is 8.19. The number of aromatic nitrogens is 2. The van der Waals surface area contributed by atoms with E-state index in [9.17, 15) is 4.79 Å². The van der Waals surface area contributed by atoms with Gasteiger partial charge < -0.3 is 10.4 Å². The third-order valence-corrected chi connectivity index (χ3v) is 1.81. The number of carboxylic acids is 1. The first kappa shape index (κ1) is 10.4. The summed E-state index contributed by atoms with van der Waals surface area (Å²) < 4.78 is 0. The lowest BCUT2D eigenvalue weighted by molar-refractivity contribution is -0.140. The summed E-state index contributed by atoms with van der Waals surface area (Å²) in [5.74, 6) is -0.653. The molecule has 2 N–H and O–H groups in total. The molecule has 5 nitrogen and oxygen atoms in total. The normalized spacial score (nSPS) is 12.1. The quantitative estimate of drug-likeness (QED) is 0.747. The molecule has 1 rings (SSSR count). The zero-order chi connectivity index (χ0) is 10.6. The molecule has 0 aromatic carbocycles. The van der Waals surface area contributed by atoms with Gasteiger partial charge in [-0.1, -0.05) is 6.92 Å². The Morgan fingerprint density at radius 3 is 2.79 bits per heavy atom. The Morgan fingerprint density at radius 1 is 1.57 bits per heavy atom. The van der Waals surface area contributed by atoms with E-state index < -0.39 is 11.9 Å². The Labute approximate surface area is 82.2 Å². The van der Waals surface area contributed by atoms with Crippen LogP contribution in [0.5, 0.6) is 0 Å². The number of aryl methyl sites for hydroxylation is 1. The molecule has 14 heavy (non-hydrogen) atoms. The number of nitrogens with zero attached hydrogens (tertiary/aromatic N) is 2. The maximum Gasteiger partial charge on any atom is 0.308 e. The fraction of sp³-hybridized carbons (Fsp3) is 0.444. The van der Waals surface area contributed by atoms with Crippen LogP contribution in [0.4, 0.5) is 5.82 Å². The van der Waals surface area contributed by atoms with Crippen molar-refractivity contribution in [3.05, 3.63) is 17.8 Å². The average Bonchev–Trinajstić information content (AvgIpc) is 2.16. The Balaban J connectivity index is 2.46.